The van der Waals surface area contributed by atoms with Crippen LogP contribution in [-0.4, -0.2) is 22.7 Å². The summed E-state index contributed by atoms with van der Waals surface area (Å²) in [6.45, 7) is 1.77. The second kappa shape index (κ2) is 8.24. The van der Waals surface area contributed by atoms with Crippen molar-refractivity contribution in [1.29, 1.82) is 0 Å². The molecular weight excluding hydrogens is 382 g/mol. The van der Waals surface area contributed by atoms with Crippen LogP contribution in [0.25, 0.3) is 16.6 Å². The van der Waals surface area contributed by atoms with Gasteiger partial charge in [0, 0.05) is 35.1 Å². The topological polar surface area (TPSA) is 86.4 Å². The van der Waals surface area contributed by atoms with Crippen LogP contribution in [0.1, 0.15) is 17.7 Å². The highest BCUT2D eigenvalue weighted by Crippen LogP contribution is 2.23. The van der Waals surface area contributed by atoms with Crippen molar-refractivity contribution in [2.24, 2.45) is 0 Å². The molecule has 0 atom stereocenters. The Bertz CT molecular complexity index is 1270. The van der Waals surface area contributed by atoms with Gasteiger partial charge in [-0.25, -0.2) is 0 Å². The number of hydrogen-bond acceptors (Lipinski definition) is 5. The molecule has 1 N–H and O–H groups in total. The van der Waals surface area contributed by atoms with E-state index in [-0.39, 0.29) is 11.5 Å². The molecule has 4 rings (SSSR count). The molecule has 2 aromatic heterocycles. The summed E-state index contributed by atoms with van der Waals surface area (Å²) >= 11 is 0. The number of pyridine rings is 1. The molecule has 0 fully saturated rings. The van der Waals surface area contributed by atoms with E-state index in [1.807, 2.05) is 24.3 Å². The van der Waals surface area contributed by atoms with Crippen molar-refractivity contribution >= 4 is 22.4 Å². The first-order valence-electron chi connectivity index (χ1n) is 9.56. The maximum atomic E-state index is 12.9. The van der Waals surface area contributed by atoms with E-state index >= 15 is 0 Å². The summed E-state index contributed by atoms with van der Waals surface area (Å²) in [4.78, 5) is 25.5. The van der Waals surface area contributed by atoms with Gasteiger partial charge in [-0.15, -0.1) is 0 Å². The number of benzene rings is 2. The third-order valence-corrected chi connectivity index (χ3v) is 4.90. The van der Waals surface area contributed by atoms with Gasteiger partial charge in [-0.1, -0.05) is 29.4 Å². The monoisotopic (exact) mass is 403 g/mol. The molecule has 152 valence electrons. The van der Waals surface area contributed by atoms with E-state index in [0.29, 0.717) is 40.9 Å². The lowest BCUT2D eigenvalue weighted by molar-refractivity contribution is -0.116. The number of hydrogen-bond donors (Lipinski definition) is 1. The zero-order valence-corrected chi connectivity index (χ0v) is 16.7. The molecule has 0 saturated heterocycles. The van der Waals surface area contributed by atoms with Crippen LogP contribution in [0, 0.1) is 6.92 Å². The normalized spacial score (nSPS) is 10.9. The van der Waals surface area contributed by atoms with E-state index in [1.165, 1.54) is 4.57 Å². The van der Waals surface area contributed by atoms with Gasteiger partial charge in [0.15, 0.2) is 5.82 Å². The molecule has 30 heavy (non-hydrogen) atoms. The van der Waals surface area contributed by atoms with Gasteiger partial charge in [-0.2, -0.15) is 0 Å². The first kappa shape index (κ1) is 19.4. The fourth-order valence-corrected chi connectivity index (χ4v) is 3.40. The van der Waals surface area contributed by atoms with Crippen LogP contribution in [0.4, 0.5) is 5.69 Å². The number of anilines is 1. The summed E-state index contributed by atoms with van der Waals surface area (Å²) < 4.78 is 11.8. The summed E-state index contributed by atoms with van der Waals surface area (Å²) in [5.41, 5.74) is 1.34. The van der Waals surface area contributed by atoms with Crippen molar-refractivity contribution in [3.05, 3.63) is 82.5 Å². The summed E-state index contributed by atoms with van der Waals surface area (Å²) in [6, 6.07) is 16.4. The molecular formula is C23H21N3O4. The zero-order valence-electron chi connectivity index (χ0n) is 16.7. The molecule has 7 heteroatoms. The molecule has 4 aromatic rings. The Balaban J connectivity index is 1.56. The maximum absolute atomic E-state index is 12.9. The van der Waals surface area contributed by atoms with E-state index in [9.17, 15) is 9.59 Å². The Kier molecular flexibility index (Phi) is 5.34. The van der Waals surface area contributed by atoms with Crippen molar-refractivity contribution in [2.45, 2.75) is 19.8 Å². The highest BCUT2D eigenvalue weighted by atomic mass is 16.5. The number of aryl methyl sites for hydroxylation is 2. The van der Waals surface area contributed by atoms with Gasteiger partial charge in [-0.05, 0) is 43.2 Å². The number of carbonyl (C=O) groups is 1. The van der Waals surface area contributed by atoms with E-state index < -0.39 is 0 Å². The van der Waals surface area contributed by atoms with Gasteiger partial charge >= 0.3 is 0 Å². The smallest absolute Gasteiger partial charge is 0.264 e. The minimum atomic E-state index is -0.231. The lowest BCUT2D eigenvalue weighted by Crippen LogP contribution is -2.19. The van der Waals surface area contributed by atoms with Crippen molar-refractivity contribution < 1.29 is 14.1 Å². The molecule has 2 heterocycles. The molecule has 0 unspecified atom stereocenters. The minimum Gasteiger partial charge on any atom is -0.496 e. The van der Waals surface area contributed by atoms with E-state index in [0.717, 1.165) is 11.3 Å². The SMILES string of the molecule is COc1ccccc1CCC(=O)Nc1cccc2c(=O)n(-c3cc(C)on3)ccc12. The molecule has 0 saturated carbocycles. The number of nitrogens with zero attached hydrogens (tertiary/aromatic N) is 2. The van der Waals surface area contributed by atoms with Crippen molar-refractivity contribution in [3.63, 3.8) is 0 Å². The quantitative estimate of drug-likeness (QED) is 0.528. The van der Waals surface area contributed by atoms with Crippen LogP contribution in [0.3, 0.4) is 0 Å². The highest BCUT2D eigenvalue weighted by molar-refractivity contribution is 6.01. The average Bonchev–Trinajstić information content (AvgIpc) is 3.19. The Morgan fingerprint density at radius 2 is 1.97 bits per heavy atom. The van der Waals surface area contributed by atoms with Crippen LogP contribution < -0.4 is 15.6 Å². The van der Waals surface area contributed by atoms with Crippen LogP contribution in [0.15, 0.2) is 70.1 Å². The van der Waals surface area contributed by atoms with Crippen LogP contribution in [-0.2, 0) is 11.2 Å². The number of para-hydroxylation sites is 1. The van der Waals surface area contributed by atoms with Gasteiger partial charge in [-0.3, -0.25) is 14.2 Å². The van der Waals surface area contributed by atoms with E-state index in [2.05, 4.69) is 10.5 Å². The minimum absolute atomic E-state index is 0.135. The second-order valence-electron chi connectivity index (χ2n) is 6.91. The van der Waals surface area contributed by atoms with Gasteiger partial charge in [0.2, 0.25) is 5.91 Å². The van der Waals surface area contributed by atoms with Crippen molar-refractivity contribution in [2.75, 3.05) is 12.4 Å². The van der Waals surface area contributed by atoms with E-state index in [1.54, 1.807) is 50.6 Å². The second-order valence-corrected chi connectivity index (χ2v) is 6.91. The Labute approximate surface area is 172 Å². The highest BCUT2D eigenvalue weighted by Gasteiger charge is 2.12. The molecule has 2 aromatic carbocycles. The third kappa shape index (κ3) is 3.82. The molecule has 0 spiro atoms. The molecule has 0 aliphatic rings. The number of rotatable bonds is 6. The van der Waals surface area contributed by atoms with Gasteiger partial charge in [0.25, 0.3) is 5.56 Å². The summed E-state index contributed by atoms with van der Waals surface area (Å²) in [5.74, 6) is 1.67. The largest absolute Gasteiger partial charge is 0.496 e. The number of amides is 1. The van der Waals surface area contributed by atoms with Crippen LogP contribution in [0.5, 0.6) is 5.75 Å². The van der Waals surface area contributed by atoms with Crippen molar-refractivity contribution in [3.8, 4) is 11.6 Å². The van der Waals surface area contributed by atoms with E-state index in [4.69, 9.17) is 9.26 Å². The lowest BCUT2D eigenvalue weighted by atomic mass is 10.1. The number of methoxy groups -OCH3 is 1. The van der Waals surface area contributed by atoms with Crippen LogP contribution >= 0.6 is 0 Å². The first-order chi connectivity index (χ1) is 14.6. The number of carbonyl (C=O) groups excluding carboxylic acids is 1. The van der Waals surface area contributed by atoms with Crippen molar-refractivity contribution in [1.82, 2.24) is 9.72 Å². The Morgan fingerprint density at radius 1 is 1.13 bits per heavy atom. The molecule has 7 nitrogen and oxygen atoms in total. The molecule has 0 radical (unpaired) electrons. The Morgan fingerprint density at radius 3 is 2.73 bits per heavy atom. The first-order valence-corrected chi connectivity index (χ1v) is 9.56. The number of nitrogens with one attached hydrogen (secondary N) is 1. The molecule has 0 aliphatic heterocycles. The molecule has 0 bridgehead atoms. The van der Waals surface area contributed by atoms with Crippen LogP contribution in [0.2, 0.25) is 0 Å². The fraction of sp³-hybridized carbons (Fsp3) is 0.174. The standard InChI is InChI=1S/C23H21N3O4/c1-15-14-21(25-30-15)26-13-12-17-18(23(26)28)7-5-8-19(17)24-22(27)11-10-16-6-3-4-9-20(16)29-2/h3-9,12-14H,10-11H2,1-2H3,(H,24,27). The lowest BCUT2D eigenvalue weighted by Gasteiger charge is -2.11. The molecule has 0 aliphatic carbocycles. The van der Waals surface area contributed by atoms with Gasteiger partial charge < -0.3 is 14.6 Å². The fourth-order valence-electron chi connectivity index (χ4n) is 3.40. The summed E-state index contributed by atoms with van der Waals surface area (Å²) in [5, 5.41) is 7.98. The summed E-state index contributed by atoms with van der Waals surface area (Å²) in [6.07, 6.45) is 2.48. The van der Waals surface area contributed by atoms with Gasteiger partial charge in [0.1, 0.15) is 11.5 Å². The predicted molar refractivity (Wildman–Crippen MR) is 114 cm³/mol. The predicted octanol–water partition coefficient (Wildman–Crippen LogP) is 3.87. The number of ether oxygens (including phenoxy) is 1. The number of aromatic nitrogens is 2. The average molecular weight is 403 g/mol. The zero-order chi connectivity index (χ0) is 21.1. The summed E-state index contributed by atoms with van der Waals surface area (Å²) in [7, 11) is 1.61. The third-order valence-electron chi connectivity index (χ3n) is 4.90. The Hall–Kier alpha value is -3.87. The molecule has 1 amide bonds. The van der Waals surface area contributed by atoms with Gasteiger partial charge in [0.05, 0.1) is 7.11 Å². The number of fused-ring (bicyclic) bond motifs is 1. The maximum Gasteiger partial charge on any atom is 0.264 e.